The van der Waals surface area contributed by atoms with E-state index in [0.717, 1.165) is 0 Å². The van der Waals surface area contributed by atoms with E-state index in [-0.39, 0.29) is 24.5 Å². The first kappa shape index (κ1) is 12.9. The molecule has 0 aliphatic rings. The van der Waals surface area contributed by atoms with Gasteiger partial charge in [0, 0.05) is 13.0 Å². The fraction of sp³-hybridized carbons (Fsp3) is 0.778. The van der Waals surface area contributed by atoms with Crippen LogP contribution in [0.3, 0.4) is 0 Å². The smallest absolute Gasteiger partial charge is 0.246 e. The van der Waals surface area contributed by atoms with Crippen molar-refractivity contribution in [2.75, 3.05) is 13.2 Å². The Morgan fingerprint density at radius 3 is 2.57 bits per heavy atom. The first-order valence-corrected chi connectivity index (χ1v) is 4.69. The van der Waals surface area contributed by atoms with Gasteiger partial charge in [-0.15, -0.1) is 0 Å². The highest BCUT2D eigenvalue weighted by atomic mass is 16.5. The highest BCUT2D eigenvalue weighted by Crippen LogP contribution is 1.87. The topological polar surface area (TPSA) is 81.4 Å². The summed E-state index contributed by atoms with van der Waals surface area (Å²) in [5.74, 6) is -0.513. The minimum atomic E-state index is -0.349. The molecule has 0 radical (unpaired) electrons. The van der Waals surface area contributed by atoms with Gasteiger partial charge in [-0.05, 0) is 20.3 Å². The lowest BCUT2D eigenvalue weighted by molar-refractivity contribution is -0.127. The average molecular weight is 202 g/mol. The number of carbonyl (C=O) groups is 2. The van der Waals surface area contributed by atoms with Crippen molar-refractivity contribution in [2.24, 2.45) is 5.73 Å². The zero-order chi connectivity index (χ0) is 11.0. The molecule has 0 aliphatic heterocycles. The van der Waals surface area contributed by atoms with Crippen LogP contribution in [-0.2, 0) is 14.3 Å². The van der Waals surface area contributed by atoms with Crippen LogP contribution >= 0.6 is 0 Å². The molecule has 2 amide bonds. The van der Waals surface area contributed by atoms with E-state index < -0.39 is 0 Å². The molecule has 5 heteroatoms. The van der Waals surface area contributed by atoms with E-state index in [1.54, 1.807) is 0 Å². The summed E-state index contributed by atoms with van der Waals surface area (Å²) in [4.78, 5) is 21.4. The standard InChI is InChI=1S/C9H18N2O3/c1-7(2)14-6-9(13)11-5-3-4-8(10)12/h7H,3-6H2,1-2H3,(H2,10,12)(H,11,13). The predicted molar refractivity (Wildman–Crippen MR) is 52.5 cm³/mol. The van der Waals surface area contributed by atoms with E-state index >= 15 is 0 Å². The van der Waals surface area contributed by atoms with Gasteiger partial charge in [0.15, 0.2) is 0 Å². The molecule has 0 fully saturated rings. The van der Waals surface area contributed by atoms with E-state index in [1.165, 1.54) is 0 Å². The summed E-state index contributed by atoms with van der Waals surface area (Å²) in [6, 6.07) is 0. The van der Waals surface area contributed by atoms with Crippen molar-refractivity contribution in [1.82, 2.24) is 5.32 Å². The molecule has 0 aromatic heterocycles. The summed E-state index contributed by atoms with van der Waals surface area (Å²) < 4.78 is 5.08. The van der Waals surface area contributed by atoms with Crippen LogP contribution in [0, 0.1) is 0 Å². The van der Waals surface area contributed by atoms with Gasteiger partial charge in [-0.25, -0.2) is 0 Å². The first-order valence-electron chi connectivity index (χ1n) is 4.69. The molecule has 0 spiro atoms. The van der Waals surface area contributed by atoms with Gasteiger partial charge in [-0.3, -0.25) is 9.59 Å². The van der Waals surface area contributed by atoms with Crippen LogP contribution in [-0.4, -0.2) is 31.1 Å². The molecule has 0 atom stereocenters. The van der Waals surface area contributed by atoms with Crippen molar-refractivity contribution in [3.63, 3.8) is 0 Å². The molecule has 5 nitrogen and oxygen atoms in total. The Morgan fingerprint density at radius 1 is 1.43 bits per heavy atom. The maximum atomic E-state index is 11.0. The Balaban J connectivity index is 3.31. The van der Waals surface area contributed by atoms with Gasteiger partial charge < -0.3 is 15.8 Å². The Morgan fingerprint density at radius 2 is 2.07 bits per heavy atom. The maximum absolute atomic E-state index is 11.0. The van der Waals surface area contributed by atoms with Crippen molar-refractivity contribution in [1.29, 1.82) is 0 Å². The van der Waals surface area contributed by atoms with E-state index in [2.05, 4.69) is 5.32 Å². The van der Waals surface area contributed by atoms with E-state index in [4.69, 9.17) is 10.5 Å². The quantitative estimate of drug-likeness (QED) is 0.561. The van der Waals surface area contributed by atoms with Gasteiger partial charge in [0.25, 0.3) is 0 Å². The number of carbonyl (C=O) groups excluding carboxylic acids is 2. The Labute approximate surface area is 84.0 Å². The Kier molecular flexibility index (Phi) is 6.74. The summed E-state index contributed by atoms with van der Waals surface area (Å²) in [5, 5.41) is 2.62. The van der Waals surface area contributed by atoms with Crippen LogP contribution in [0.1, 0.15) is 26.7 Å². The third-order valence-electron chi connectivity index (χ3n) is 1.47. The minimum Gasteiger partial charge on any atom is -0.370 e. The molecule has 82 valence electrons. The van der Waals surface area contributed by atoms with E-state index in [9.17, 15) is 9.59 Å². The van der Waals surface area contributed by atoms with Crippen molar-refractivity contribution in [3.05, 3.63) is 0 Å². The molecule has 0 saturated heterocycles. The lowest BCUT2D eigenvalue weighted by Gasteiger charge is -2.07. The van der Waals surface area contributed by atoms with Gasteiger partial charge in [0.05, 0.1) is 6.10 Å². The van der Waals surface area contributed by atoms with E-state index in [0.29, 0.717) is 19.4 Å². The fourth-order valence-corrected chi connectivity index (χ4v) is 0.784. The SMILES string of the molecule is CC(C)OCC(=O)NCCCC(N)=O. The van der Waals surface area contributed by atoms with Gasteiger partial charge in [0.1, 0.15) is 6.61 Å². The summed E-state index contributed by atoms with van der Waals surface area (Å²) in [6.45, 7) is 4.25. The number of hydrogen-bond donors (Lipinski definition) is 2. The number of amides is 2. The van der Waals surface area contributed by atoms with Crippen LogP contribution in [0.5, 0.6) is 0 Å². The van der Waals surface area contributed by atoms with Crippen LogP contribution in [0.4, 0.5) is 0 Å². The zero-order valence-corrected chi connectivity index (χ0v) is 8.71. The number of hydrogen-bond acceptors (Lipinski definition) is 3. The van der Waals surface area contributed by atoms with Crippen molar-refractivity contribution in [2.45, 2.75) is 32.8 Å². The van der Waals surface area contributed by atoms with Crippen molar-refractivity contribution in [3.8, 4) is 0 Å². The van der Waals surface area contributed by atoms with Gasteiger partial charge in [-0.1, -0.05) is 0 Å². The largest absolute Gasteiger partial charge is 0.370 e. The third-order valence-corrected chi connectivity index (χ3v) is 1.47. The van der Waals surface area contributed by atoms with Crippen LogP contribution in [0.25, 0.3) is 0 Å². The van der Waals surface area contributed by atoms with Gasteiger partial charge in [-0.2, -0.15) is 0 Å². The fourth-order valence-electron chi connectivity index (χ4n) is 0.784. The number of nitrogens with two attached hydrogens (primary N) is 1. The second-order valence-corrected chi connectivity index (χ2v) is 3.28. The maximum Gasteiger partial charge on any atom is 0.246 e. The molecule has 0 bridgehead atoms. The Hall–Kier alpha value is -1.10. The van der Waals surface area contributed by atoms with Crippen LogP contribution in [0.15, 0.2) is 0 Å². The van der Waals surface area contributed by atoms with Crippen molar-refractivity contribution >= 4 is 11.8 Å². The average Bonchev–Trinajstić information content (AvgIpc) is 2.08. The number of nitrogens with one attached hydrogen (secondary N) is 1. The molecule has 3 N–H and O–H groups in total. The monoisotopic (exact) mass is 202 g/mol. The van der Waals surface area contributed by atoms with Crippen molar-refractivity contribution < 1.29 is 14.3 Å². The lowest BCUT2D eigenvalue weighted by atomic mass is 10.3. The zero-order valence-electron chi connectivity index (χ0n) is 8.71. The third kappa shape index (κ3) is 8.99. The molecule has 14 heavy (non-hydrogen) atoms. The normalized spacial score (nSPS) is 10.2. The summed E-state index contributed by atoms with van der Waals surface area (Å²) in [6.07, 6.45) is 0.917. The molecule has 0 aliphatic carbocycles. The molecule has 0 unspecified atom stereocenters. The van der Waals surface area contributed by atoms with Gasteiger partial charge >= 0.3 is 0 Å². The molecule has 0 saturated carbocycles. The minimum absolute atomic E-state index is 0.0476. The van der Waals surface area contributed by atoms with E-state index in [1.807, 2.05) is 13.8 Å². The predicted octanol–water partition coefficient (Wildman–Crippen LogP) is -0.207. The number of primary amides is 1. The molecular weight excluding hydrogens is 184 g/mol. The number of ether oxygens (including phenoxy) is 1. The Bertz CT molecular complexity index is 192. The lowest BCUT2D eigenvalue weighted by Crippen LogP contribution is -2.30. The number of rotatable bonds is 7. The highest BCUT2D eigenvalue weighted by Gasteiger charge is 2.02. The summed E-state index contributed by atoms with van der Waals surface area (Å²) in [7, 11) is 0. The molecule has 0 rings (SSSR count). The molecule has 0 aromatic rings. The summed E-state index contributed by atoms with van der Waals surface area (Å²) >= 11 is 0. The molecule has 0 aromatic carbocycles. The highest BCUT2D eigenvalue weighted by molar-refractivity contribution is 5.77. The second-order valence-electron chi connectivity index (χ2n) is 3.28. The van der Waals surface area contributed by atoms with Crippen LogP contribution in [0.2, 0.25) is 0 Å². The second kappa shape index (κ2) is 7.32. The first-order chi connectivity index (χ1) is 6.52. The van der Waals surface area contributed by atoms with Gasteiger partial charge in [0.2, 0.25) is 11.8 Å². The van der Waals surface area contributed by atoms with Crippen LogP contribution < -0.4 is 11.1 Å². The summed E-state index contributed by atoms with van der Waals surface area (Å²) in [5.41, 5.74) is 4.93. The molecular formula is C9H18N2O3. The molecule has 0 heterocycles.